The van der Waals surface area contributed by atoms with Crippen molar-refractivity contribution in [2.75, 3.05) is 25.1 Å². The van der Waals surface area contributed by atoms with Crippen molar-refractivity contribution in [3.63, 3.8) is 0 Å². The molecule has 3 N–H and O–H groups in total. The number of nitrogens with zero attached hydrogens (tertiary/aromatic N) is 4. The monoisotopic (exact) mass is 545 g/mol. The van der Waals surface area contributed by atoms with Crippen LogP contribution >= 0.6 is 0 Å². The lowest BCUT2D eigenvalue weighted by molar-refractivity contribution is -0.230. The Hall–Kier alpha value is -4.73. The van der Waals surface area contributed by atoms with Crippen LogP contribution in [0.5, 0.6) is 0 Å². The van der Waals surface area contributed by atoms with Gasteiger partial charge in [-0.15, -0.1) is 0 Å². The number of carbonyl (C=O) groups excluding carboxylic acids is 1. The predicted molar refractivity (Wildman–Crippen MR) is 140 cm³/mol. The number of benzene rings is 2. The molecule has 0 saturated carbocycles. The number of amides is 1. The highest BCUT2D eigenvalue weighted by Crippen LogP contribution is 2.35. The minimum Gasteiger partial charge on any atom is -0.350 e. The molecule has 1 aliphatic rings. The number of carbonyl (C=O) groups is 1. The third-order valence-electron chi connectivity index (χ3n) is 6.32. The third kappa shape index (κ3) is 5.96. The summed E-state index contributed by atoms with van der Waals surface area (Å²) in [4.78, 5) is 29.3. The van der Waals surface area contributed by atoms with E-state index in [0.717, 1.165) is 5.56 Å². The number of hydrogen-bond donors (Lipinski definition) is 3. The molecule has 10 nitrogen and oxygen atoms in total. The van der Waals surface area contributed by atoms with E-state index in [1.165, 1.54) is 24.3 Å². The van der Waals surface area contributed by atoms with Crippen molar-refractivity contribution in [2.45, 2.75) is 19.8 Å². The average Bonchev–Trinajstić information content (AvgIpc) is 3.42. The second kappa shape index (κ2) is 11.6. The Morgan fingerprint density at radius 1 is 1.07 bits per heavy atom. The minimum atomic E-state index is -0.972. The van der Waals surface area contributed by atoms with Crippen molar-refractivity contribution in [1.82, 2.24) is 25.3 Å². The third-order valence-corrected chi connectivity index (χ3v) is 6.32. The Balaban J connectivity index is 1.40. The number of rotatable bonds is 8. The summed E-state index contributed by atoms with van der Waals surface area (Å²) >= 11 is 0. The Bertz CT molecular complexity index is 1530. The SMILES string of the molecule is CC1(C(=O)NCC#N)COC(c2nc(-c3ccc(F)cc3)c(-c3ccnc(NCc4ccc(F)cc4)n3)[nH]2)OC1. The maximum atomic E-state index is 13.7. The normalized spacial score (nSPS) is 18.6. The first-order chi connectivity index (χ1) is 19.3. The smallest absolute Gasteiger partial charge is 0.231 e. The number of aromatic amines is 1. The standard InChI is InChI=1S/C28H25F2N7O3/c1-28(26(38)32-13-11-31)15-39-25(40-16-28)24-36-22(18-4-8-20(30)9-5-18)23(37-24)21-10-12-33-27(35-21)34-14-17-2-6-19(29)7-3-17/h2-10,12,25H,13-16H2,1H3,(H,32,38)(H,36,37)(H,33,34,35). The van der Waals surface area contributed by atoms with Gasteiger partial charge in [-0.2, -0.15) is 5.26 Å². The molecule has 1 saturated heterocycles. The first-order valence-electron chi connectivity index (χ1n) is 12.4. The van der Waals surface area contributed by atoms with Crippen molar-refractivity contribution < 1.29 is 23.0 Å². The molecule has 0 aliphatic carbocycles. The molecule has 2 aromatic heterocycles. The number of aromatic nitrogens is 4. The van der Waals surface area contributed by atoms with E-state index >= 15 is 0 Å². The number of anilines is 1. The van der Waals surface area contributed by atoms with Gasteiger partial charge in [0.15, 0.2) is 5.82 Å². The van der Waals surface area contributed by atoms with Crippen LogP contribution in [0.1, 0.15) is 24.6 Å². The van der Waals surface area contributed by atoms with Crippen LogP contribution < -0.4 is 10.6 Å². The maximum Gasteiger partial charge on any atom is 0.231 e. The Morgan fingerprint density at radius 3 is 2.42 bits per heavy atom. The summed E-state index contributed by atoms with van der Waals surface area (Å²) < 4.78 is 38.6. The van der Waals surface area contributed by atoms with E-state index in [2.05, 4.69) is 25.6 Å². The molecule has 0 radical (unpaired) electrons. The number of hydrogen-bond acceptors (Lipinski definition) is 8. The summed E-state index contributed by atoms with van der Waals surface area (Å²) in [5.41, 5.74) is 2.04. The van der Waals surface area contributed by atoms with Crippen molar-refractivity contribution in [3.05, 3.63) is 83.8 Å². The zero-order chi connectivity index (χ0) is 28.1. The number of nitriles is 1. The minimum absolute atomic E-state index is 0.0435. The Kier molecular flexibility index (Phi) is 7.77. The molecule has 0 bridgehead atoms. The maximum absolute atomic E-state index is 13.7. The van der Waals surface area contributed by atoms with E-state index in [0.29, 0.717) is 41.0 Å². The van der Waals surface area contributed by atoms with E-state index in [-0.39, 0.29) is 37.3 Å². The fourth-order valence-electron chi connectivity index (χ4n) is 4.10. The van der Waals surface area contributed by atoms with E-state index < -0.39 is 11.7 Å². The molecule has 0 spiro atoms. The summed E-state index contributed by atoms with van der Waals surface area (Å²) in [5.74, 6) is -0.367. The van der Waals surface area contributed by atoms with E-state index in [4.69, 9.17) is 19.7 Å². The van der Waals surface area contributed by atoms with Gasteiger partial charge >= 0.3 is 0 Å². The van der Waals surface area contributed by atoms with Crippen molar-refractivity contribution in [3.8, 4) is 28.7 Å². The molecule has 0 unspecified atom stereocenters. The Morgan fingerprint density at radius 2 is 1.75 bits per heavy atom. The van der Waals surface area contributed by atoms with Crippen LogP contribution in [-0.2, 0) is 20.8 Å². The first kappa shape index (κ1) is 26.9. The van der Waals surface area contributed by atoms with Gasteiger partial charge in [-0.25, -0.2) is 23.7 Å². The summed E-state index contributed by atoms with van der Waals surface area (Å²) in [5, 5.41) is 14.4. The van der Waals surface area contributed by atoms with Gasteiger partial charge in [0.1, 0.15) is 18.2 Å². The predicted octanol–water partition coefficient (Wildman–Crippen LogP) is 4.12. The first-order valence-corrected chi connectivity index (χ1v) is 12.4. The number of ether oxygens (including phenoxy) is 2. The number of nitrogens with one attached hydrogen (secondary N) is 3. The van der Waals surface area contributed by atoms with Crippen LogP contribution in [0.15, 0.2) is 60.8 Å². The van der Waals surface area contributed by atoms with Crippen molar-refractivity contribution in [1.29, 1.82) is 5.26 Å². The fourth-order valence-corrected chi connectivity index (χ4v) is 4.10. The summed E-state index contributed by atoms with van der Waals surface area (Å²) in [6, 6.07) is 15.6. The molecule has 4 aromatic rings. The van der Waals surface area contributed by atoms with Gasteiger partial charge in [-0.1, -0.05) is 12.1 Å². The van der Waals surface area contributed by atoms with E-state index in [1.807, 2.05) is 6.07 Å². The van der Waals surface area contributed by atoms with E-state index in [9.17, 15) is 13.6 Å². The summed E-state index contributed by atoms with van der Waals surface area (Å²) in [6.07, 6.45) is 0.686. The number of halogens is 2. The second-order valence-corrected chi connectivity index (χ2v) is 9.45. The van der Waals surface area contributed by atoms with Gasteiger partial charge in [0.05, 0.1) is 41.8 Å². The lowest BCUT2D eigenvalue weighted by Gasteiger charge is -2.35. The quantitative estimate of drug-likeness (QED) is 0.281. The van der Waals surface area contributed by atoms with E-state index in [1.54, 1.807) is 43.5 Å². The molecule has 5 rings (SSSR count). The number of H-pyrrole nitrogens is 1. The second-order valence-electron chi connectivity index (χ2n) is 9.45. The van der Waals surface area contributed by atoms with Crippen LogP contribution in [-0.4, -0.2) is 45.6 Å². The van der Waals surface area contributed by atoms with Crippen LogP contribution in [0.25, 0.3) is 22.6 Å². The highest BCUT2D eigenvalue weighted by molar-refractivity contribution is 5.83. The largest absolute Gasteiger partial charge is 0.350 e. The molecule has 204 valence electrons. The van der Waals surface area contributed by atoms with Gasteiger partial charge in [-0.05, 0) is 55.0 Å². The lowest BCUT2D eigenvalue weighted by atomic mass is 9.91. The molecule has 1 aliphatic heterocycles. The topological polar surface area (TPSA) is 138 Å². The molecule has 40 heavy (non-hydrogen) atoms. The van der Waals surface area contributed by atoms with Gasteiger partial charge in [0.25, 0.3) is 0 Å². The average molecular weight is 546 g/mol. The lowest BCUT2D eigenvalue weighted by Crippen LogP contribution is -2.48. The molecule has 2 aromatic carbocycles. The Labute approximate surface area is 228 Å². The summed E-state index contributed by atoms with van der Waals surface area (Å²) in [7, 11) is 0. The highest BCUT2D eigenvalue weighted by atomic mass is 19.1. The fraction of sp³-hybridized carbons (Fsp3) is 0.250. The molecule has 1 fully saturated rings. The highest BCUT2D eigenvalue weighted by Gasteiger charge is 2.40. The molecule has 1 amide bonds. The van der Waals surface area contributed by atoms with Crippen molar-refractivity contribution in [2.24, 2.45) is 5.41 Å². The van der Waals surface area contributed by atoms with Gasteiger partial charge in [0, 0.05) is 18.3 Å². The zero-order valence-electron chi connectivity index (χ0n) is 21.4. The van der Waals surface area contributed by atoms with Crippen LogP contribution in [0.3, 0.4) is 0 Å². The van der Waals surface area contributed by atoms with Gasteiger partial charge in [-0.3, -0.25) is 4.79 Å². The molecule has 12 heteroatoms. The van der Waals surface area contributed by atoms with Gasteiger partial charge < -0.3 is 25.1 Å². The molecule has 0 atom stereocenters. The van der Waals surface area contributed by atoms with Crippen molar-refractivity contribution >= 4 is 11.9 Å². The van der Waals surface area contributed by atoms with Crippen LogP contribution in [0.2, 0.25) is 0 Å². The molecular weight excluding hydrogens is 520 g/mol. The molecular formula is C28H25F2N7O3. The zero-order valence-corrected chi connectivity index (χ0v) is 21.4. The summed E-state index contributed by atoms with van der Waals surface area (Å²) in [6.45, 7) is 2.05. The van der Waals surface area contributed by atoms with Crippen LogP contribution in [0, 0.1) is 28.4 Å². The molecule has 3 heterocycles. The van der Waals surface area contributed by atoms with Gasteiger partial charge in [0.2, 0.25) is 18.1 Å². The van der Waals surface area contributed by atoms with Crippen LogP contribution in [0.4, 0.5) is 14.7 Å². The number of imidazole rings is 1.